The molecule has 1 fully saturated rings. The lowest BCUT2D eigenvalue weighted by Crippen LogP contribution is -2.43. The lowest BCUT2D eigenvalue weighted by Gasteiger charge is -2.31. The van der Waals surface area contributed by atoms with Crippen molar-refractivity contribution in [3.8, 4) is 5.75 Å². The number of nitrogens with one attached hydrogen (secondary N) is 1. The molecule has 1 aromatic carbocycles. The molecule has 0 radical (unpaired) electrons. The number of benzene rings is 1. The molecule has 0 atom stereocenters. The van der Waals surface area contributed by atoms with Gasteiger partial charge in [-0.2, -0.15) is 4.37 Å². The fourth-order valence-corrected chi connectivity index (χ4v) is 3.86. The number of hydrogen-bond acceptors (Lipinski definition) is 4. The van der Waals surface area contributed by atoms with E-state index >= 15 is 0 Å². The van der Waals surface area contributed by atoms with Crippen molar-refractivity contribution in [2.24, 2.45) is 0 Å². The molecule has 1 N–H and O–H groups in total. The molecule has 4 nitrogen and oxygen atoms in total. The number of ether oxygens (including phenoxy) is 1. The Hall–Kier alpha value is -1.88. The Morgan fingerprint density at radius 3 is 2.50 bits per heavy atom. The van der Waals surface area contributed by atoms with E-state index in [9.17, 15) is 4.79 Å². The molecule has 22 heavy (non-hydrogen) atoms. The van der Waals surface area contributed by atoms with E-state index < -0.39 is 0 Å². The highest BCUT2D eigenvalue weighted by molar-refractivity contribution is 7.03. The van der Waals surface area contributed by atoms with E-state index in [1.165, 1.54) is 11.5 Å². The van der Waals surface area contributed by atoms with Crippen LogP contribution in [0, 0.1) is 6.92 Å². The van der Waals surface area contributed by atoms with Gasteiger partial charge in [-0.1, -0.05) is 25.0 Å². The van der Waals surface area contributed by atoms with E-state index in [1.54, 1.807) is 7.11 Å². The zero-order valence-electron chi connectivity index (χ0n) is 12.9. The zero-order chi connectivity index (χ0) is 15.6. The first-order valence-electron chi connectivity index (χ1n) is 7.53. The summed E-state index contributed by atoms with van der Waals surface area (Å²) >= 11 is 1.32. The number of carbonyl (C=O) groups excluding carboxylic acids is 1. The van der Waals surface area contributed by atoms with Gasteiger partial charge in [0.1, 0.15) is 5.75 Å². The molecule has 3 rings (SSSR count). The highest BCUT2D eigenvalue weighted by atomic mass is 32.1. The Kier molecular flexibility index (Phi) is 4.16. The van der Waals surface area contributed by atoms with Crippen molar-refractivity contribution in [1.29, 1.82) is 0 Å². The highest BCUT2D eigenvalue weighted by Crippen LogP contribution is 2.39. The fourth-order valence-electron chi connectivity index (χ4n) is 3.17. The molecular formula is C17H20N2O2S. The number of hydrogen-bond donors (Lipinski definition) is 1. The molecule has 0 unspecified atom stereocenters. The van der Waals surface area contributed by atoms with Gasteiger partial charge in [0.05, 0.1) is 23.9 Å². The SMILES string of the molecule is COc1ccc(C2(NC(=O)c3csnc3C)CCCC2)cc1. The van der Waals surface area contributed by atoms with E-state index in [0.29, 0.717) is 5.56 Å². The topological polar surface area (TPSA) is 51.2 Å². The number of methoxy groups -OCH3 is 1. The molecule has 1 amide bonds. The summed E-state index contributed by atoms with van der Waals surface area (Å²) in [7, 11) is 1.66. The van der Waals surface area contributed by atoms with Crippen LogP contribution in [0.15, 0.2) is 29.6 Å². The van der Waals surface area contributed by atoms with Gasteiger partial charge in [-0.05, 0) is 49.0 Å². The second-order valence-electron chi connectivity index (χ2n) is 5.79. The molecule has 5 heteroatoms. The predicted molar refractivity (Wildman–Crippen MR) is 87.5 cm³/mol. The van der Waals surface area contributed by atoms with Crippen LogP contribution in [0.5, 0.6) is 5.75 Å². The largest absolute Gasteiger partial charge is 0.497 e. The van der Waals surface area contributed by atoms with Gasteiger partial charge in [-0.25, -0.2) is 0 Å². The summed E-state index contributed by atoms with van der Waals surface area (Å²) in [5, 5.41) is 5.10. The van der Waals surface area contributed by atoms with Crippen molar-refractivity contribution in [3.05, 3.63) is 46.5 Å². The Bertz CT molecular complexity index is 658. The summed E-state index contributed by atoms with van der Waals surface area (Å²) < 4.78 is 9.42. The van der Waals surface area contributed by atoms with E-state index in [1.807, 2.05) is 24.4 Å². The molecule has 0 spiro atoms. The number of carbonyl (C=O) groups is 1. The van der Waals surface area contributed by atoms with Gasteiger partial charge in [0.15, 0.2) is 0 Å². The third kappa shape index (κ3) is 2.73. The maximum Gasteiger partial charge on any atom is 0.254 e. The molecule has 1 saturated carbocycles. The lowest BCUT2D eigenvalue weighted by atomic mass is 9.87. The number of nitrogens with zero attached hydrogens (tertiary/aromatic N) is 1. The van der Waals surface area contributed by atoms with Crippen molar-refractivity contribution in [2.75, 3.05) is 7.11 Å². The van der Waals surface area contributed by atoms with Crippen LogP contribution in [0.1, 0.15) is 47.3 Å². The average Bonchev–Trinajstić information content (AvgIpc) is 3.17. The van der Waals surface area contributed by atoms with E-state index in [4.69, 9.17) is 4.74 Å². The summed E-state index contributed by atoms with van der Waals surface area (Å²) in [6.45, 7) is 1.88. The van der Waals surface area contributed by atoms with Crippen LogP contribution in [0.2, 0.25) is 0 Å². The van der Waals surface area contributed by atoms with Crippen molar-refractivity contribution in [2.45, 2.75) is 38.1 Å². The fraction of sp³-hybridized carbons (Fsp3) is 0.412. The first kappa shape index (κ1) is 15.0. The summed E-state index contributed by atoms with van der Waals surface area (Å²) in [5.41, 5.74) is 2.37. The minimum atomic E-state index is -0.266. The van der Waals surface area contributed by atoms with Gasteiger partial charge in [-0.3, -0.25) is 4.79 Å². The first-order chi connectivity index (χ1) is 10.6. The van der Waals surface area contributed by atoms with Crippen molar-refractivity contribution in [1.82, 2.24) is 9.69 Å². The molecule has 1 aliphatic carbocycles. The summed E-state index contributed by atoms with van der Waals surface area (Å²) in [4.78, 5) is 12.6. The number of rotatable bonds is 4. The average molecular weight is 316 g/mol. The molecule has 0 bridgehead atoms. The van der Waals surface area contributed by atoms with Gasteiger partial charge in [0.25, 0.3) is 5.91 Å². The smallest absolute Gasteiger partial charge is 0.254 e. The van der Waals surface area contributed by atoms with Crippen LogP contribution >= 0.6 is 11.5 Å². The number of amides is 1. The maximum atomic E-state index is 12.6. The van der Waals surface area contributed by atoms with Crippen LogP contribution < -0.4 is 10.1 Å². The predicted octanol–water partition coefficient (Wildman–Crippen LogP) is 3.66. The van der Waals surface area contributed by atoms with E-state index in [-0.39, 0.29) is 11.4 Å². The van der Waals surface area contributed by atoms with Crippen LogP contribution in [-0.2, 0) is 5.54 Å². The van der Waals surface area contributed by atoms with E-state index in [2.05, 4.69) is 21.8 Å². The Labute approximate surface area is 134 Å². The normalized spacial score (nSPS) is 16.5. The standard InChI is InChI=1S/C17H20N2O2S/c1-12-15(11-22-19-12)16(20)18-17(9-3-4-10-17)13-5-7-14(21-2)8-6-13/h5-8,11H,3-4,9-10H2,1-2H3,(H,18,20). The highest BCUT2D eigenvalue weighted by Gasteiger charge is 2.37. The lowest BCUT2D eigenvalue weighted by molar-refractivity contribution is 0.0898. The maximum absolute atomic E-state index is 12.6. The Balaban J connectivity index is 1.88. The van der Waals surface area contributed by atoms with Gasteiger partial charge < -0.3 is 10.1 Å². The minimum Gasteiger partial charge on any atom is -0.497 e. The molecule has 116 valence electrons. The monoisotopic (exact) mass is 316 g/mol. The van der Waals surface area contributed by atoms with Gasteiger partial charge in [-0.15, -0.1) is 0 Å². The van der Waals surface area contributed by atoms with Crippen molar-refractivity contribution < 1.29 is 9.53 Å². The molecular weight excluding hydrogens is 296 g/mol. The molecule has 2 aromatic rings. The Morgan fingerprint density at radius 2 is 1.95 bits per heavy atom. The number of aromatic nitrogens is 1. The molecule has 1 aromatic heterocycles. The van der Waals surface area contributed by atoms with E-state index in [0.717, 1.165) is 42.7 Å². The van der Waals surface area contributed by atoms with Crippen LogP contribution in [0.3, 0.4) is 0 Å². The van der Waals surface area contributed by atoms with Crippen LogP contribution in [0.4, 0.5) is 0 Å². The minimum absolute atomic E-state index is 0.0241. The quantitative estimate of drug-likeness (QED) is 0.936. The summed E-state index contributed by atoms with van der Waals surface area (Å²) in [6.07, 6.45) is 4.21. The molecule has 1 aliphatic rings. The van der Waals surface area contributed by atoms with Crippen molar-refractivity contribution in [3.63, 3.8) is 0 Å². The first-order valence-corrected chi connectivity index (χ1v) is 8.36. The molecule has 0 saturated heterocycles. The summed E-state index contributed by atoms with van der Waals surface area (Å²) in [5.74, 6) is 0.810. The second kappa shape index (κ2) is 6.08. The number of aryl methyl sites for hydroxylation is 1. The van der Waals surface area contributed by atoms with Gasteiger partial charge in [0, 0.05) is 5.38 Å². The summed E-state index contributed by atoms with van der Waals surface area (Å²) in [6, 6.07) is 8.03. The third-order valence-corrected chi connectivity index (χ3v) is 5.17. The molecule has 1 heterocycles. The zero-order valence-corrected chi connectivity index (χ0v) is 13.7. The third-order valence-electron chi connectivity index (χ3n) is 4.45. The van der Waals surface area contributed by atoms with Crippen LogP contribution in [-0.4, -0.2) is 17.4 Å². The van der Waals surface area contributed by atoms with Crippen molar-refractivity contribution >= 4 is 17.4 Å². The van der Waals surface area contributed by atoms with Crippen LogP contribution in [0.25, 0.3) is 0 Å². The second-order valence-corrected chi connectivity index (χ2v) is 6.41. The Morgan fingerprint density at radius 1 is 1.27 bits per heavy atom. The molecule has 0 aliphatic heterocycles. The van der Waals surface area contributed by atoms with Gasteiger partial charge >= 0.3 is 0 Å². The van der Waals surface area contributed by atoms with Gasteiger partial charge in [0.2, 0.25) is 0 Å².